The number of piperidine rings is 1. The van der Waals surface area contributed by atoms with Crippen molar-refractivity contribution in [2.24, 2.45) is 0 Å². The monoisotopic (exact) mass is 336 g/mol. The maximum absolute atomic E-state index is 12.6. The number of hydrogen-bond donors (Lipinski definition) is 1. The molecule has 2 rings (SSSR count). The van der Waals surface area contributed by atoms with Crippen molar-refractivity contribution < 1.29 is 13.6 Å². The predicted molar refractivity (Wildman–Crippen MR) is 82.8 cm³/mol. The fourth-order valence-electron chi connectivity index (χ4n) is 2.59. The largest absolute Gasteiger partial charge is 0.332 e. The molecule has 1 aromatic rings. The lowest BCUT2D eigenvalue weighted by atomic mass is 10.1. The number of alkyl halides is 2. The summed E-state index contributed by atoms with van der Waals surface area (Å²) >= 11 is 0. The molecule has 126 valence electrons. The summed E-state index contributed by atoms with van der Waals surface area (Å²) in [7, 11) is 0. The molecule has 0 aliphatic carbocycles. The van der Waals surface area contributed by atoms with E-state index in [0.717, 1.165) is 25.9 Å². The Bertz CT molecular complexity index is 463. The van der Waals surface area contributed by atoms with Gasteiger partial charge in [-0.3, -0.25) is 9.48 Å². The van der Waals surface area contributed by atoms with Gasteiger partial charge < -0.3 is 10.2 Å². The zero-order valence-electron chi connectivity index (χ0n) is 12.7. The fourth-order valence-corrected chi connectivity index (χ4v) is 2.59. The van der Waals surface area contributed by atoms with E-state index in [9.17, 15) is 13.6 Å². The van der Waals surface area contributed by atoms with Gasteiger partial charge in [0.1, 0.15) is 5.69 Å². The Hall–Kier alpha value is -1.21. The number of aromatic nitrogens is 2. The van der Waals surface area contributed by atoms with Gasteiger partial charge in [-0.05, 0) is 31.9 Å². The van der Waals surface area contributed by atoms with Crippen molar-refractivity contribution in [1.29, 1.82) is 0 Å². The molecule has 1 amide bonds. The number of nitrogens with zero attached hydrogens (tertiary/aromatic N) is 3. The molecular formula is C14H23ClF2N4O. The van der Waals surface area contributed by atoms with Crippen molar-refractivity contribution in [3.05, 3.63) is 18.0 Å². The highest BCUT2D eigenvalue weighted by Gasteiger charge is 2.22. The van der Waals surface area contributed by atoms with Gasteiger partial charge >= 0.3 is 0 Å². The third-order valence-electron chi connectivity index (χ3n) is 3.61. The second-order valence-corrected chi connectivity index (χ2v) is 5.32. The van der Waals surface area contributed by atoms with E-state index in [4.69, 9.17) is 0 Å². The van der Waals surface area contributed by atoms with Gasteiger partial charge in [0.2, 0.25) is 0 Å². The summed E-state index contributed by atoms with van der Waals surface area (Å²) in [4.78, 5) is 13.4. The third kappa shape index (κ3) is 4.91. The van der Waals surface area contributed by atoms with Gasteiger partial charge in [0.05, 0.1) is 12.6 Å². The Balaban J connectivity index is 0.00000242. The van der Waals surface area contributed by atoms with E-state index in [0.29, 0.717) is 13.0 Å². The molecule has 0 bridgehead atoms. The number of nitrogens with one attached hydrogen (secondary N) is 1. The molecule has 5 nitrogen and oxygen atoms in total. The Kier molecular flexibility index (Phi) is 7.75. The molecule has 1 aliphatic rings. The highest BCUT2D eigenvalue weighted by atomic mass is 35.5. The smallest absolute Gasteiger partial charge is 0.274 e. The first-order valence-electron chi connectivity index (χ1n) is 7.45. The molecule has 1 aromatic heterocycles. The van der Waals surface area contributed by atoms with E-state index in [2.05, 4.69) is 10.4 Å². The molecular weight excluding hydrogens is 314 g/mol. The molecule has 1 fully saturated rings. The minimum Gasteiger partial charge on any atom is -0.332 e. The minimum atomic E-state index is -2.52. The van der Waals surface area contributed by atoms with E-state index >= 15 is 0 Å². The lowest BCUT2D eigenvalue weighted by molar-refractivity contribution is 0.0549. The van der Waals surface area contributed by atoms with Crippen molar-refractivity contribution in [3.8, 4) is 0 Å². The van der Waals surface area contributed by atoms with Crippen LogP contribution in [0.2, 0.25) is 0 Å². The molecule has 0 spiro atoms. The first-order chi connectivity index (χ1) is 10.1. The van der Waals surface area contributed by atoms with Gasteiger partial charge in [-0.1, -0.05) is 6.92 Å². The minimum absolute atomic E-state index is 0. The Labute approximate surface area is 135 Å². The highest BCUT2D eigenvalue weighted by Crippen LogP contribution is 2.16. The van der Waals surface area contributed by atoms with Gasteiger partial charge in [0.15, 0.2) is 0 Å². The predicted octanol–water partition coefficient (Wildman–Crippen LogP) is 2.35. The van der Waals surface area contributed by atoms with Crippen LogP contribution >= 0.6 is 12.4 Å². The molecule has 0 radical (unpaired) electrons. The topological polar surface area (TPSA) is 50.2 Å². The van der Waals surface area contributed by atoms with Crippen molar-refractivity contribution in [2.75, 3.05) is 26.2 Å². The van der Waals surface area contributed by atoms with Crippen LogP contribution in [0.5, 0.6) is 0 Å². The maximum Gasteiger partial charge on any atom is 0.274 e. The van der Waals surface area contributed by atoms with Gasteiger partial charge in [-0.25, -0.2) is 8.78 Å². The number of carbonyl (C=O) groups excluding carboxylic acids is 1. The van der Waals surface area contributed by atoms with Crippen LogP contribution in [0.3, 0.4) is 0 Å². The number of halogens is 3. The summed E-state index contributed by atoms with van der Waals surface area (Å²) in [5.74, 6) is -0.417. The van der Waals surface area contributed by atoms with Gasteiger partial charge in [0, 0.05) is 19.3 Å². The summed E-state index contributed by atoms with van der Waals surface area (Å²) < 4.78 is 26.9. The summed E-state index contributed by atoms with van der Waals surface area (Å²) in [6.07, 6.45) is 1.97. The fraction of sp³-hybridized carbons (Fsp3) is 0.714. The molecule has 0 aromatic carbocycles. The van der Waals surface area contributed by atoms with Crippen molar-refractivity contribution in [2.45, 2.75) is 38.7 Å². The Morgan fingerprint density at radius 3 is 2.95 bits per heavy atom. The normalized spacial score (nSPS) is 18.1. The van der Waals surface area contributed by atoms with Crippen LogP contribution in [-0.4, -0.2) is 53.2 Å². The van der Waals surface area contributed by atoms with E-state index in [-0.39, 0.29) is 24.1 Å². The molecule has 1 N–H and O–H groups in total. The lowest BCUT2D eigenvalue weighted by Crippen LogP contribution is -2.36. The van der Waals surface area contributed by atoms with Crippen molar-refractivity contribution in [1.82, 2.24) is 20.0 Å². The van der Waals surface area contributed by atoms with E-state index in [1.165, 1.54) is 4.90 Å². The Morgan fingerprint density at radius 2 is 2.36 bits per heavy atom. The average Bonchev–Trinajstić information content (AvgIpc) is 2.96. The van der Waals surface area contributed by atoms with Crippen LogP contribution < -0.4 is 5.32 Å². The number of hydrogen-bond acceptors (Lipinski definition) is 3. The number of rotatable bonds is 6. The van der Waals surface area contributed by atoms with Gasteiger partial charge in [-0.15, -0.1) is 12.4 Å². The quantitative estimate of drug-likeness (QED) is 0.867. The molecule has 8 heteroatoms. The molecule has 22 heavy (non-hydrogen) atoms. The van der Waals surface area contributed by atoms with E-state index in [1.54, 1.807) is 16.9 Å². The molecule has 1 unspecified atom stereocenters. The van der Waals surface area contributed by atoms with Crippen molar-refractivity contribution >= 4 is 18.3 Å². The highest BCUT2D eigenvalue weighted by molar-refractivity contribution is 5.92. The SMILES string of the molecule is CCCN(CC(F)F)C(=O)c1ccn(C2CCCNC2)n1.Cl. The second-order valence-electron chi connectivity index (χ2n) is 5.32. The summed E-state index contributed by atoms with van der Waals surface area (Å²) in [6, 6.07) is 1.85. The van der Waals surface area contributed by atoms with E-state index in [1.807, 2.05) is 6.92 Å². The summed E-state index contributed by atoms with van der Waals surface area (Å²) in [6.45, 7) is 3.47. The second kappa shape index (κ2) is 9.05. The lowest BCUT2D eigenvalue weighted by Gasteiger charge is -2.23. The van der Waals surface area contributed by atoms with Gasteiger partial charge in [0.25, 0.3) is 12.3 Å². The first kappa shape index (κ1) is 18.8. The van der Waals surface area contributed by atoms with Crippen molar-refractivity contribution in [3.63, 3.8) is 0 Å². The van der Waals surface area contributed by atoms with E-state index < -0.39 is 18.9 Å². The molecule has 1 atom stereocenters. The molecule has 0 saturated carbocycles. The molecule has 1 aliphatic heterocycles. The summed E-state index contributed by atoms with van der Waals surface area (Å²) in [5, 5.41) is 7.57. The summed E-state index contributed by atoms with van der Waals surface area (Å²) in [5.41, 5.74) is 0.245. The van der Waals surface area contributed by atoms with Crippen LogP contribution in [0.4, 0.5) is 8.78 Å². The number of carbonyl (C=O) groups is 1. The van der Waals surface area contributed by atoms with Crippen LogP contribution in [0.15, 0.2) is 12.3 Å². The zero-order chi connectivity index (χ0) is 15.2. The standard InChI is InChI=1S/C14H22F2N4O.ClH/c1-2-7-19(10-13(15)16)14(21)12-5-8-20(18-12)11-4-3-6-17-9-11;/h5,8,11,13,17H,2-4,6-7,9-10H2,1H3;1H. The maximum atomic E-state index is 12.6. The zero-order valence-corrected chi connectivity index (χ0v) is 13.5. The van der Waals surface area contributed by atoms with Gasteiger partial charge in [-0.2, -0.15) is 5.10 Å². The third-order valence-corrected chi connectivity index (χ3v) is 3.61. The van der Waals surface area contributed by atoms with Crippen LogP contribution in [0.25, 0.3) is 0 Å². The Morgan fingerprint density at radius 1 is 1.59 bits per heavy atom. The van der Waals surface area contributed by atoms with Crippen LogP contribution in [0, 0.1) is 0 Å². The molecule has 2 heterocycles. The van der Waals surface area contributed by atoms with Crippen LogP contribution in [-0.2, 0) is 0 Å². The number of amides is 1. The van der Waals surface area contributed by atoms with Crippen LogP contribution in [0.1, 0.15) is 42.7 Å². The average molecular weight is 337 g/mol. The molecule has 1 saturated heterocycles. The first-order valence-corrected chi connectivity index (χ1v) is 7.45.